The Kier molecular flexibility index (Phi) is 39.3. The van der Waals surface area contributed by atoms with Gasteiger partial charge < -0.3 is 87.3 Å². The summed E-state index contributed by atoms with van der Waals surface area (Å²) in [6.07, 6.45) is 5.83. The Morgan fingerprint density at radius 3 is 1.06 bits per heavy atom. The Bertz CT molecular complexity index is 2260. The second-order valence-corrected chi connectivity index (χ2v) is 18.6. The molecule has 0 heterocycles. The number of aldehydes is 4. The first-order chi connectivity index (χ1) is 41.0. The van der Waals surface area contributed by atoms with Gasteiger partial charge in [-0.15, -0.1) is 0 Å². The fourth-order valence-corrected chi connectivity index (χ4v) is 7.57. The Labute approximate surface area is 492 Å². The molecule has 22 heteroatoms. The topological polar surface area (TPSA) is 278 Å². The van der Waals surface area contributed by atoms with Crippen molar-refractivity contribution in [1.29, 1.82) is 0 Å². The van der Waals surface area contributed by atoms with Crippen LogP contribution in [0.4, 0.5) is 22.7 Å². The summed E-state index contributed by atoms with van der Waals surface area (Å²) in [7, 11) is 0. The van der Waals surface area contributed by atoms with Gasteiger partial charge in [0.05, 0.1) is 166 Å². The van der Waals surface area contributed by atoms with E-state index in [2.05, 4.69) is 10.6 Å². The molecule has 84 heavy (non-hydrogen) atoms. The molecule has 0 aromatic heterocycles. The number of carbonyl (C=O) groups excluding carboxylic acids is 6. The lowest BCUT2D eigenvalue weighted by molar-refractivity contribution is -0.110. The van der Waals surface area contributed by atoms with Crippen LogP contribution in [0, 0.1) is 0 Å². The lowest BCUT2D eigenvalue weighted by atomic mass is 9.82. The van der Waals surface area contributed by atoms with Crippen LogP contribution < -0.4 is 20.1 Å². The van der Waals surface area contributed by atoms with Crippen LogP contribution in [0.3, 0.4) is 0 Å². The van der Waals surface area contributed by atoms with E-state index in [1.165, 1.54) is 0 Å². The monoisotopic (exact) mass is 1180 g/mol. The zero-order valence-corrected chi connectivity index (χ0v) is 48.9. The molecule has 464 valence electrons. The molecular formula is C62H86N2O20. The van der Waals surface area contributed by atoms with Crippen LogP contribution in [0.15, 0.2) is 84.9 Å². The third-order valence-electron chi connectivity index (χ3n) is 11.8. The number of hydrogen-bond donors (Lipinski definition) is 4. The van der Waals surface area contributed by atoms with E-state index in [0.717, 1.165) is 25.4 Å². The van der Waals surface area contributed by atoms with Gasteiger partial charge in [-0.3, -0.25) is 19.2 Å². The number of nitrogens with one attached hydrogen (secondary N) is 2. The highest BCUT2D eigenvalue weighted by molar-refractivity contribution is 6.32. The largest absolute Gasteiger partial charge is 0.486 e. The van der Waals surface area contributed by atoms with Gasteiger partial charge in [0, 0.05) is 35.3 Å². The van der Waals surface area contributed by atoms with Crippen LogP contribution in [-0.2, 0) is 66.5 Å². The van der Waals surface area contributed by atoms with Gasteiger partial charge in [0.25, 0.3) is 0 Å². The van der Waals surface area contributed by atoms with E-state index >= 15 is 0 Å². The third kappa shape index (κ3) is 30.4. The van der Waals surface area contributed by atoms with Gasteiger partial charge in [-0.1, -0.05) is 24.3 Å². The number of rotatable bonds is 46. The molecule has 0 radical (unpaired) electrons. The number of hydrogen-bond acceptors (Lipinski definition) is 22. The number of ketones is 2. The number of aliphatic hydroxyl groups is 2. The molecule has 4 aromatic rings. The quantitative estimate of drug-likeness (QED) is 0.0232. The second-order valence-electron chi connectivity index (χ2n) is 18.6. The third-order valence-corrected chi connectivity index (χ3v) is 11.8. The normalized spacial score (nSPS) is 12.9. The van der Waals surface area contributed by atoms with Crippen molar-refractivity contribution in [2.45, 2.75) is 77.8 Å². The molecule has 0 saturated heterocycles. The molecule has 0 aliphatic heterocycles. The molecule has 0 fully saturated rings. The molecule has 4 atom stereocenters. The molecule has 0 amide bonds. The fourth-order valence-electron chi connectivity index (χ4n) is 7.57. The average Bonchev–Trinajstić information content (AvgIpc) is 2.31. The number of ether oxygens (including phenoxy) is 12. The van der Waals surface area contributed by atoms with Gasteiger partial charge in [-0.2, -0.15) is 0 Å². The second kappa shape index (κ2) is 46.0. The van der Waals surface area contributed by atoms with Crippen molar-refractivity contribution in [2.24, 2.45) is 0 Å². The summed E-state index contributed by atoms with van der Waals surface area (Å²) in [6.45, 7) is 15.5. The van der Waals surface area contributed by atoms with Crippen LogP contribution in [0.5, 0.6) is 11.5 Å². The maximum Gasteiger partial charge on any atom is 0.196 e. The average molecular weight is 1180 g/mol. The van der Waals surface area contributed by atoms with E-state index in [9.17, 15) is 28.8 Å². The van der Waals surface area contributed by atoms with Crippen LogP contribution >= 0.6 is 0 Å². The van der Waals surface area contributed by atoms with E-state index in [-0.39, 0.29) is 73.5 Å². The minimum Gasteiger partial charge on any atom is -0.486 e. The smallest absolute Gasteiger partial charge is 0.196 e. The first-order valence-corrected chi connectivity index (χ1v) is 28.2. The molecule has 5 rings (SSSR count). The van der Waals surface area contributed by atoms with Gasteiger partial charge in [0.2, 0.25) is 0 Å². The predicted molar refractivity (Wildman–Crippen MR) is 314 cm³/mol. The van der Waals surface area contributed by atoms with Gasteiger partial charge in [-0.05, 0) is 101 Å². The summed E-state index contributed by atoms with van der Waals surface area (Å²) in [5.74, 6) is 0.550. The summed E-state index contributed by atoms with van der Waals surface area (Å²) in [6, 6.07) is 24.1. The lowest BCUT2D eigenvalue weighted by Gasteiger charge is -2.24. The number of benzene rings is 4. The van der Waals surface area contributed by atoms with Crippen molar-refractivity contribution in [2.75, 3.05) is 143 Å². The van der Waals surface area contributed by atoms with Crippen molar-refractivity contribution in [3.05, 3.63) is 107 Å². The first-order valence-electron chi connectivity index (χ1n) is 28.2. The Balaban J connectivity index is 0.000000351. The number of aliphatic hydroxyl groups excluding tert-OH is 2. The maximum atomic E-state index is 13.7. The van der Waals surface area contributed by atoms with Crippen LogP contribution in [0.1, 0.15) is 85.2 Å². The van der Waals surface area contributed by atoms with E-state index in [0.29, 0.717) is 176 Å². The number of fused-ring (bicyclic) bond motifs is 2. The zero-order valence-electron chi connectivity index (χ0n) is 48.9. The predicted octanol–water partition coefficient (Wildman–Crippen LogP) is 6.74. The molecule has 22 nitrogen and oxygen atoms in total. The molecule has 4 N–H and O–H groups in total. The number of anilines is 4. The Morgan fingerprint density at radius 1 is 0.405 bits per heavy atom. The van der Waals surface area contributed by atoms with Gasteiger partial charge in [-0.25, -0.2) is 0 Å². The van der Waals surface area contributed by atoms with Gasteiger partial charge in [0.15, 0.2) is 24.1 Å². The maximum absolute atomic E-state index is 13.7. The molecule has 4 aromatic carbocycles. The Hall–Kier alpha value is -6.38. The highest BCUT2D eigenvalue weighted by Crippen LogP contribution is 2.39. The molecule has 0 spiro atoms. The van der Waals surface area contributed by atoms with Crippen molar-refractivity contribution in [1.82, 2.24) is 0 Å². The van der Waals surface area contributed by atoms with Crippen LogP contribution in [0.25, 0.3) is 0 Å². The van der Waals surface area contributed by atoms with Crippen LogP contribution in [0.2, 0.25) is 0 Å². The minimum absolute atomic E-state index is 0.00259. The highest BCUT2D eigenvalue weighted by Gasteiger charge is 2.34. The van der Waals surface area contributed by atoms with Crippen molar-refractivity contribution >= 4 is 59.5 Å². The summed E-state index contributed by atoms with van der Waals surface area (Å²) in [4.78, 5) is 68.9. The van der Waals surface area contributed by atoms with Crippen molar-refractivity contribution in [3.63, 3.8) is 0 Å². The standard InChI is InChI=1S/C30H22N2O6.2C16H32O7/c33-15-17-37-21-9-5-19(6-10-21)31-25-13-14-26(32-20-7-11-22(12-8-20)38-18-16-34)28-27(25)29(35)23-3-1-2-4-24(23)30(28)36;2*1-15(4-3-5-17)23-14-16(2)22-13-12-21-11-10-20-9-8-19-7-6-18/h1-16,31-32H,17-18H2;2*5,15-16,18H,3-4,6-14H2,1-2H3. The van der Waals surface area contributed by atoms with Crippen molar-refractivity contribution < 1.29 is 95.8 Å². The first kappa shape index (κ1) is 71.9. The molecule has 4 unspecified atom stereocenters. The van der Waals surface area contributed by atoms with Gasteiger partial charge >= 0.3 is 0 Å². The van der Waals surface area contributed by atoms with Crippen molar-refractivity contribution in [3.8, 4) is 11.5 Å². The molecular weight excluding hydrogens is 1090 g/mol. The van der Waals surface area contributed by atoms with E-state index in [4.69, 9.17) is 67.1 Å². The summed E-state index contributed by atoms with van der Waals surface area (Å²) in [5, 5.41) is 23.5. The Morgan fingerprint density at radius 2 is 0.738 bits per heavy atom. The SMILES string of the molecule is CC(CCC=O)OCC(C)OCCOCCOCCOCCO.CC(CCC=O)OCC(C)OCCOCCOCCOCCO.O=CCOc1ccc(Nc2ccc(Nc3ccc(OCC=O)cc3)c3c2C(=O)c2ccccc2C3=O)cc1. The van der Waals surface area contributed by atoms with E-state index in [1.807, 2.05) is 27.7 Å². The molecule has 0 saturated carbocycles. The molecule has 1 aliphatic rings. The fraction of sp³-hybridized carbons (Fsp3) is 0.516. The summed E-state index contributed by atoms with van der Waals surface area (Å²) < 4.78 is 64.3. The lowest BCUT2D eigenvalue weighted by Crippen LogP contribution is -2.23. The highest BCUT2D eigenvalue weighted by atomic mass is 16.6. The summed E-state index contributed by atoms with van der Waals surface area (Å²) >= 11 is 0. The number of carbonyl (C=O) groups is 6. The minimum atomic E-state index is -0.259. The van der Waals surface area contributed by atoms with Crippen LogP contribution in [-0.4, -0.2) is 203 Å². The molecule has 0 bridgehead atoms. The van der Waals surface area contributed by atoms with E-state index in [1.54, 1.807) is 84.9 Å². The van der Waals surface area contributed by atoms with Gasteiger partial charge in [0.1, 0.15) is 37.3 Å². The summed E-state index contributed by atoms with van der Waals surface area (Å²) in [5.41, 5.74) is 3.55. The van der Waals surface area contributed by atoms with E-state index < -0.39 is 0 Å². The zero-order chi connectivity index (χ0) is 60.8. The molecule has 1 aliphatic carbocycles.